The first-order chi connectivity index (χ1) is 6.81. The molecule has 0 aliphatic heterocycles. The van der Waals surface area contributed by atoms with Crippen molar-refractivity contribution in [2.45, 2.75) is 19.4 Å². The molecule has 1 N–H and O–H groups in total. The average molecular weight is 210 g/mol. The molecular weight excluding hydrogens is 200 g/mol. The van der Waals surface area contributed by atoms with E-state index < -0.39 is 23.5 Å². The number of hydrogen-bond donors (Lipinski definition) is 1. The van der Waals surface area contributed by atoms with Gasteiger partial charge < -0.3 is 24.9 Å². The van der Waals surface area contributed by atoms with Gasteiger partial charge in [-0.15, -0.1) is 0 Å². The molecule has 2 unspecified atom stereocenters. The van der Waals surface area contributed by atoms with Gasteiger partial charge in [-0.3, -0.25) is 0 Å². The van der Waals surface area contributed by atoms with Gasteiger partial charge in [-0.05, 0) is 18.1 Å². The molecule has 0 amide bonds. The second-order valence-electron chi connectivity index (χ2n) is 3.53. The summed E-state index contributed by atoms with van der Waals surface area (Å²) in [6.07, 6.45) is 2.47. The Labute approximate surface area is 86.3 Å². The Balaban J connectivity index is 3.27. The number of hydrogen-bond acceptors (Lipinski definition) is 5. The van der Waals surface area contributed by atoms with E-state index in [1.54, 1.807) is 0 Å². The first kappa shape index (κ1) is 11.5. The average Bonchev–Trinajstić information content (AvgIpc) is 2.13. The first-order valence-corrected chi connectivity index (χ1v) is 4.36. The van der Waals surface area contributed by atoms with Crippen LogP contribution in [0.15, 0.2) is 23.3 Å². The Hall–Kier alpha value is -1.62. The van der Waals surface area contributed by atoms with Crippen molar-refractivity contribution in [1.82, 2.24) is 0 Å². The molecule has 0 bridgehead atoms. The van der Waals surface area contributed by atoms with Crippen molar-refractivity contribution >= 4 is 11.9 Å². The van der Waals surface area contributed by atoms with Crippen LogP contribution in [-0.2, 0) is 9.59 Å². The molecule has 1 rings (SSSR count). The normalized spacial score (nSPS) is 30.5. The predicted molar refractivity (Wildman–Crippen MR) is 46.0 cm³/mol. The van der Waals surface area contributed by atoms with Crippen LogP contribution in [-0.4, -0.2) is 22.6 Å². The van der Waals surface area contributed by atoms with Crippen molar-refractivity contribution in [2.75, 3.05) is 0 Å². The molecular formula is C10H10O5-2. The van der Waals surface area contributed by atoms with Gasteiger partial charge in [-0.25, -0.2) is 0 Å². The van der Waals surface area contributed by atoms with E-state index in [4.69, 9.17) is 0 Å². The molecule has 0 aromatic carbocycles. The number of allylic oxidation sites excluding steroid dienone is 2. The molecule has 0 saturated heterocycles. The highest BCUT2D eigenvalue weighted by Gasteiger charge is 2.41. The Morgan fingerprint density at radius 2 is 1.93 bits per heavy atom. The molecule has 5 nitrogen and oxygen atoms in total. The Bertz CT molecular complexity index is 379. The number of carbonyl (C=O) groups is 2. The van der Waals surface area contributed by atoms with Crippen molar-refractivity contribution in [2.24, 2.45) is 5.92 Å². The second-order valence-corrected chi connectivity index (χ2v) is 3.53. The summed E-state index contributed by atoms with van der Waals surface area (Å²) in [6.45, 7) is 2.70. The van der Waals surface area contributed by atoms with Crippen molar-refractivity contribution in [3.63, 3.8) is 0 Å². The van der Waals surface area contributed by atoms with Crippen LogP contribution in [0.2, 0.25) is 0 Å². The molecule has 0 spiro atoms. The van der Waals surface area contributed by atoms with Crippen LogP contribution in [0.3, 0.4) is 0 Å². The summed E-state index contributed by atoms with van der Waals surface area (Å²) >= 11 is 0. The van der Waals surface area contributed by atoms with Gasteiger partial charge in [0.15, 0.2) is 0 Å². The predicted octanol–water partition coefficient (Wildman–Crippen LogP) is -2.26. The maximum absolute atomic E-state index is 10.8. The number of aliphatic hydroxyl groups is 1. The summed E-state index contributed by atoms with van der Waals surface area (Å²) in [5.74, 6) is -4.31. The molecule has 15 heavy (non-hydrogen) atoms. The van der Waals surface area contributed by atoms with Crippen LogP contribution >= 0.6 is 0 Å². The van der Waals surface area contributed by atoms with Crippen molar-refractivity contribution < 1.29 is 24.9 Å². The van der Waals surface area contributed by atoms with E-state index in [9.17, 15) is 24.9 Å². The van der Waals surface area contributed by atoms with Crippen molar-refractivity contribution in [1.29, 1.82) is 0 Å². The first-order valence-electron chi connectivity index (χ1n) is 4.36. The SMILES string of the molecule is CC1=CC=C(C(=O)[O-])C(C)C1(O)C(=O)[O-]. The summed E-state index contributed by atoms with van der Waals surface area (Å²) in [4.78, 5) is 21.5. The van der Waals surface area contributed by atoms with Crippen LogP contribution in [0, 0.1) is 5.92 Å². The maximum Gasteiger partial charge on any atom is 0.131 e. The molecule has 0 saturated carbocycles. The minimum Gasteiger partial charge on any atom is -0.547 e. The number of carboxylic acid groups (broad SMARTS) is 2. The topological polar surface area (TPSA) is 100 Å². The highest BCUT2D eigenvalue weighted by molar-refractivity contribution is 5.91. The van der Waals surface area contributed by atoms with Crippen molar-refractivity contribution in [3.8, 4) is 0 Å². The largest absolute Gasteiger partial charge is 0.547 e. The third-order valence-electron chi connectivity index (χ3n) is 2.75. The van der Waals surface area contributed by atoms with E-state index >= 15 is 0 Å². The van der Waals surface area contributed by atoms with Gasteiger partial charge in [0.2, 0.25) is 0 Å². The maximum atomic E-state index is 10.8. The fraction of sp³-hybridized carbons (Fsp3) is 0.400. The minimum atomic E-state index is -2.27. The number of rotatable bonds is 2. The molecule has 0 fully saturated rings. The van der Waals surface area contributed by atoms with Gasteiger partial charge in [0.05, 0.1) is 11.9 Å². The summed E-state index contributed by atoms with van der Waals surface area (Å²) in [5.41, 5.74) is -2.39. The lowest BCUT2D eigenvalue weighted by Gasteiger charge is -2.39. The Kier molecular flexibility index (Phi) is 2.68. The fourth-order valence-electron chi connectivity index (χ4n) is 1.64. The third-order valence-corrected chi connectivity index (χ3v) is 2.75. The van der Waals surface area contributed by atoms with Gasteiger partial charge >= 0.3 is 0 Å². The summed E-state index contributed by atoms with van der Waals surface area (Å²) in [7, 11) is 0. The number of aliphatic carboxylic acids is 2. The van der Waals surface area contributed by atoms with E-state index in [1.807, 2.05) is 0 Å². The molecule has 0 aromatic rings. The smallest absolute Gasteiger partial charge is 0.131 e. The van der Waals surface area contributed by atoms with Gasteiger partial charge in [0, 0.05) is 5.92 Å². The summed E-state index contributed by atoms with van der Waals surface area (Å²) in [6, 6.07) is 0. The van der Waals surface area contributed by atoms with Gasteiger partial charge in [0.1, 0.15) is 5.60 Å². The minimum absolute atomic E-state index is 0.139. The molecule has 0 radical (unpaired) electrons. The molecule has 0 aromatic heterocycles. The van der Waals surface area contributed by atoms with Gasteiger partial charge in [-0.2, -0.15) is 0 Å². The standard InChI is InChI=1S/C10H12O5/c1-5-3-4-7(8(11)12)6(2)10(5,15)9(13)14/h3-4,6,15H,1-2H3,(H,11,12)(H,13,14)/p-2. The van der Waals surface area contributed by atoms with E-state index in [0.717, 1.165) is 0 Å². The zero-order valence-corrected chi connectivity index (χ0v) is 8.31. The lowest BCUT2D eigenvalue weighted by atomic mass is 9.75. The Morgan fingerprint density at radius 1 is 1.40 bits per heavy atom. The quantitative estimate of drug-likeness (QED) is 0.554. The summed E-state index contributed by atoms with van der Waals surface area (Å²) in [5, 5.41) is 31.3. The van der Waals surface area contributed by atoms with Gasteiger partial charge in [0.25, 0.3) is 0 Å². The highest BCUT2D eigenvalue weighted by atomic mass is 16.4. The van der Waals surface area contributed by atoms with E-state index in [-0.39, 0.29) is 11.1 Å². The monoisotopic (exact) mass is 210 g/mol. The van der Waals surface area contributed by atoms with Gasteiger partial charge in [-0.1, -0.05) is 19.1 Å². The van der Waals surface area contributed by atoms with Crippen LogP contribution in [0.4, 0.5) is 0 Å². The lowest BCUT2D eigenvalue weighted by molar-refractivity contribution is -0.324. The van der Waals surface area contributed by atoms with E-state index in [1.165, 1.54) is 26.0 Å². The van der Waals surface area contributed by atoms with Crippen LogP contribution in [0.5, 0.6) is 0 Å². The van der Waals surface area contributed by atoms with E-state index in [2.05, 4.69) is 0 Å². The van der Waals surface area contributed by atoms with Crippen molar-refractivity contribution in [3.05, 3.63) is 23.3 Å². The molecule has 1 aliphatic carbocycles. The lowest BCUT2D eigenvalue weighted by Crippen LogP contribution is -2.56. The highest BCUT2D eigenvalue weighted by Crippen LogP contribution is 2.34. The molecule has 82 valence electrons. The molecule has 5 heteroatoms. The fourth-order valence-corrected chi connectivity index (χ4v) is 1.64. The van der Waals surface area contributed by atoms with Crippen LogP contribution in [0.25, 0.3) is 0 Å². The zero-order chi connectivity index (χ0) is 11.8. The second kappa shape index (κ2) is 3.51. The van der Waals surface area contributed by atoms with E-state index in [0.29, 0.717) is 0 Å². The Morgan fingerprint density at radius 3 is 2.33 bits per heavy atom. The number of carboxylic acids is 2. The molecule has 2 atom stereocenters. The third kappa shape index (κ3) is 1.55. The zero-order valence-electron chi connectivity index (χ0n) is 8.31. The molecule has 1 aliphatic rings. The number of carbonyl (C=O) groups excluding carboxylic acids is 2. The summed E-state index contributed by atoms with van der Waals surface area (Å²) < 4.78 is 0. The molecule has 0 heterocycles. The van der Waals surface area contributed by atoms with Crippen LogP contribution < -0.4 is 10.2 Å². The van der Waals surface area contributed by atoms with Crippen LogP contribution in [0.1, 0.15) is 13.8 Å².